The molecule has 3 rings (SSSR count). The number of nitrogens with one attached hydrogen (secondary N) is 1. The highest BCUT2D eigenvalue weighted by atomic mass is 19.1. The Bertz CT molecular complexity index is 734. The number of halogens is 1. The first kappa shape index (κ1) is 10.6. The molecule has 3 N–H and O–H groups in total. The second-order valence-corrected chi connectivity index (χ2v) is 4.01. The van der Waals surface area contributed by atoms with Gasteiger partial charge in [0.25, 0.3) is 0 Å². The maximum Gasteiger partial charge on any atom is 0.240 e. The maximum atomic E-state index is 13.3. The zero-order chi connectivity index (χ0) is 12.7. The van der Waals surface area contributed by atoms with Crippen LogP contribution in [-0.2, 0) is 0 Å². The van der Waals surface area contributed by atoms with E-state index in [0.717, 1.165) is 22.2 Å². The number of nitrogen functional groups attached to an aromatic ring is 1. The van der Waals surface area contributed by atoms with Gasteiger partial charge in [-0.3, -0.25) is 0 Å². The highest BCUT2D eigenvalue weighted by Crippen LogP contribution is 2.30. The van der Waals surface area contributed by atoms with Crippen LogP contribution >= 0.6 is 0 Å². The molecule has 0 unspecified atom stereocenters. The van der Waals surface area contributed by atoms with Crippen molar-refractivity contribution in [3.05, 3.63) is 35.9 Å². The Morgan fingerprint density at radius 1 is 1.33 bits per heavy atom. The molecule has 0 aliphatic heterocycles. The Kier molecular flexibility index (Phi) is 2.22. The summed E-state index contributed by atoms with van der Waals surface area (Å²) in [7, 11) is 0. The first-order chi connectivity index (χ1) is 8.65. The summed E-state index contributed by atoms with van der Waals surface area (Å²) in [6.07, 6.45) is 1.51. The lowest BCUT2D eigenvalue weighted by atomic mass is 10.1. The molecular weight excluding hydrogens is 233 g/mol. The van der Waals surface area contributed by atoms with Gasteiger partial charge < -0.3 is 10.7 Å². The molecule has 0 aliphatic rings. The third-order valence-electron chi connectivity index (χ3n) is 2.78. The average molecular weight is 243 g/mol. The van der Waals surface area contributed by atoms with E-state index in [9.17, 15) is 4.39 Å². The minimum absolute atomic E-state index is 0.0950. The van der Waals surface area contributed by atoms with Gasteiger partial charge in [0.1, 0.15) is 5.82 Å². The van der Waals surface area contributed by atoms with E-state index in [1.54, 1.807) is 6.07 Å². The number of fused-ring (bicyclic) bond motifs is 1. The van der Waals surface area contributed by atoms with E-state index < -0.39 is 0 Å². The van der Waals surface area contributed by atoms with Crippen LogP contribution in [0.3, 0.4) is 0 Å². The molecule has 2 heterocycles. The lowest BCUT2D eigenvalue weighted by Gasteiger charge is -2.00. The van der Waals surface area contributed by atoms with Gasteiger partial charge >= 0.3 is 0 Å². The summed E-state index contributed by atoms with van der Waals surface area (Å²) in [5.41, 5.74) is 8.63. The largest absolute Gasteiger partial charge is 0.366 e. The van der Waals surface area contributed by atoms with E-state index in [1.165, 1.54) is 18.3 Å². The van der Waals surface area contributed by atoms with Gasteiger partial charge in [-0.25, -0.2) is 9.37 Å². The zero-order valence-electron chi connectivity index (χ0n) is 9.61. The number of H-pyrrole nitrogens is 1. The minimum atomic E-state index is -0.294. The Labute approximate surface area is 102 Å². The van der Waals surface area contributed by atoms with E-state index in [2.05, 4.69) is 20.2 Å². The van der Waals surface area contributed by atoms with Crippen molar-refractivity contribution in [2.75, 3.05) is 5.73 Å². The molecule has 0 atom stereocenters. The molecular formula is C12H10FN5. The summed E-state index contributed by atoms with van der Waals surface area (Å²) in [6, 6.07) is 4.57. The van der Waals surface area contributed by atoms with Crippen molar-refractivity contribution < 1.29 is 4.39 Å². The zero-order valence-corrected chi connectivity index (χ0v) is 9.61. The average Bonchev–Trinajstić information content (AvgIpc) is 2.64. The highest BCUT2D eigenvalue weighted by Gasteiger charge is 2.13. The standard InChI is InChI=1S/C12H10FN5/c1-6-11(10-5-15-18-12(14)17-10)8-4-7(13)2-3-9(8)16-6/h2-5,16H,1H3,(H2,14,17,18). The van der Waals surface area contributed by atoms with E-state index in [0.29, 0.717) is 5.69 Å². The van der Waals surface area contributed by atoms with Crippen molar-refractivity contribution in [1.82, 2.24) is 20.2 Å². The number of benzene rings is 1. The number of nitrogens with two attached hydrogens (primary N) is 1. The normalized spacial score (nSPS) is 11.0. The second kappa shape index (κ2) is 3.76. The molecule has 0 saturated carbocycles. The number of rotatable bonds is 1. The van der Waals surface area contributed by atoms with Crippen LogP contribution in [0.4, 0.5) is 10.3 Å². The Hall–Kier alpha value is -2.50. The summed E-state index contributed by atoms with van der Waals surface area (Å²) in [4.78, 5) is 7.29. The van der Waals surface area contributed by atoms with Crippen molar-refractivity contribution in [3.8, 4) is 11.3 Å². The minimum Gasteiger partial charge on any atom is -0.366 e. The smallest absolute Gasteiger partial charge is 0.240 e. The van der Waals surface area contributed by atoms with Gasteiger partial charge in [-0.15, -0.1) is 5.10 Å². The van der Waals surface area contributed by atoms with Crippen molar-refractivity contribution in [2.45, 2.75) is 6.92 Å². The summed E-state index contributed by atoms with van der Waals surface area (Å²) in [5.74, 6) is -0.199. The van der Waals surface area contributed by atoms with Gasteiger partial charge in [-0.1, -0.05) is 0 Å². The molecule has 0 radical (unpaired) electrons. The first-order valence-corrected chi connectivity index (χ1v) is 5.38. The topological polar surface area (TPSA) is 80.5 Å². The Balaban J connectivity index is 2.34. The lowest BCUT2D eigenvalue weighted by Crippen LogP contribution is -1.98. The van der Waals surface area contributed by atoms with Crippen LogP contribution < -0.4 is 5.73 Å². The number of nitrogens with zero attached hydrogens (tertiary/aromatic N) is 3. The molecule has 0 saturated heterocycles. The van der Waals surface area contributed by atoms with Crippen molar-refractivity contribution in [2.24, 2.45) is 0 Å². The monoisotopic (exact) mass is 243 g/mol. The molecule has 0 bridgehead atoms. The van der Waals surface area contributed by atoms with Gasteiger partial charge in [-0.2, -0.15) is 5.10 Å². The van der Waals surface area contributed by atoms with Crippen molar-refractivity contribution >= 4 is 16.9 Å². The molecule has 6 heteroatoms. The molecule has 2 aromatic heterocycles. The Morgan fingerprint density at radius 3 is 2.94 bits per heavy atom. The van der Waals surface area contributed by atoms with Crippen molar-refractivity contribution in [1.29, 1.82) is 0 Å². The van der Waals surface area contributed by atoms with E-state index in [-0.39, 0.29) is 11.8 Å². The second-order valence-electron chi connectivity index (χ2n) is 4.01. The molecule has 3 aromatic rings. The highest BCUT2D eigenvalue weighted by molar-refractivity contribution is 5.96. The fourth-order valence-corrected chi connectivity index (χ4v) is 2.07. The SMILES string of the molecule is Cc1[nH]c2ccc(F)cc2c1-c1cnnc(N)n1. The summed E-state index contributed by atoms with van der Waals surface area (Å²) >= 11 is 0. The summed E-state index contributed by atoms with van der Waals surface area (Å²) < 4.78 is 13.3. The molecule has 1 aromatic carbocycles. The molecule has 0 amide bonds. The van der Waals surface area contributed by atoms with Crippen LogP contribution in [0.1, 0.15) is 5.69 Å². The third-order valence-corrected chi connectivity index (χ3v) is 2.78. The fourth-order valence-electron chi connectivity index (χ4n) is 2.07. The molecule has 90 valence electrons. The van der Waals surface area contributed by atoms with Crippen LogP contribution in [0.2, 0.25) is 0 Å². The quantitative estimate of drug-likeness (QED) is 0.685. The van der Waals surface area contributed by atoms with Gasteiger partial charge in [0.15, 0.2) is 0 Å². The van der Waals surface area contributed by atoms with Crippen LogP contribution in [0.25, 0.3) is 22.2 Å². The molecule has 0 fully saturated rings. The number of hydrogen-bond donors (Lipinski definition) is 2. The number of hydrogen-bond acceptors (Lipinski definition) is 4. The van der Waals surface area contributed by atoms with Crippen LogP contribution in [0.5, 0.6) is 0 Å². The fraction of sp³-hybridized carbons (Fsp3) is 0.0833. The number of aromatic amines is 1. The lowest BCUT2D eigenvalue weighted by molar-refractivity contribution is 0.630. The van der Waals surface area contributed by atoms with Crippen LogP contribution in [0, 0.1) is 12.7 Å². The summed E-state index contributed by atoms with van der Waals surface area (Å²) in [6.45, 7) is 1.89. The summed E-state index contributed by atoms with van der Waals surface area (Å²) in [5, 5.41) is 8.13. The van der Waals surface area contributed by atoms with E-state index in [4.69, 9.17) is 5.73 Å². The van der Waals surface area contributed by atoms with E-state index >= 15 is 0 Å². The van der Waals surface area contributed by atoms with Gasteiger partial charge in [0, 0.05) is 22.2 Å². The predicted molar refractivity (Wildman–Crippen MR) is 66.2 cm³/mol. The molecule has 5 nitrogen and oxygen atoms in total. The van der Waals surface area contributed by atoms with Gasteiger partial charge in [-0.05, 0) is 25.1 Å². The molecule has 0 spiro atoms. The molecule has 18 heavy (non-hydrogen) atoms. The van der Waals surface area contributed by atoms with Crippen LogP contribution in [0.15, 0.2) is 24.4 Å². The van der Waals surface area contributed by atoms with Crippen LogP contribution in [-0.4, -0.2) is 20.2 Å². The number of aryl methyl sites for hydroxylation is 1. The Morgan fingerprint density at radius 2 is 2.17 bits per heavy atom. The van der Waals surface area contributed by atoms with Gasteiger partial charge in [0.2, 0.25) is 5.95 Å². The number of anilines is 1. The third kappa shape index (κ3) is 1.58. The van der Waals surface area contributed by atoms with Crippen molar-refractivity contribution in [3.63, 3.8) is 0 Å². The first-order valence-electron chi connectivity index (χ1n) is 5.38. The maximum absolute atomic E-state index is 13.3. The van der Waals surface area contributed by atoms with Gasteiger partial charge in [0.05, 0.1) is 11.9 Å². The molecule has 0 aliphatic carbocycles. The predicted octanol–water partition coefficient (Wildman–Crippen LogP) is 2.05. The van der Waals surface area contributed by atoms with E-state index in [1.807, 2.05) is 6.92 Å². The number of aromatic nitrogens is 4.